The third-order valence-corrected chi connectivity index (χ3v) is 3.80. The Bertz CT molecular complexity index is 517. The Balaban J connectivity index is 2.06. The average molecular weight is 276 g/mol. The van der Waals surface area contributed by atoms with Gasteiger partial charge in [-0.3, -0.25) is 5.32 Å². The molecule has 4 nitrogen and oxygen atoms in total. The van der Waals surface area contributed by atoms with Crippen LogP contribution in [-0.4, -0.2) is 17.7 Å². The van der Waals surface area contributed by atoms with Crippen LogP contribution in [-0.2, 0) is 4.74 Å². The average Bonchev–Trinajstić information content (AvgIpc) is 2.75. The summed E-state index contributed by atoms with van der Waals surface area (Å²) in [6, 6.07) is 8.00. The molecule has 0 saturated heterocycles. The summed E-state index contributed by atoms with van der Waals surface area (Å²) in [5.74, 6) is 0.350. The zero-order valence-corrected chi connectivity index (χ0v) is 12.9. The number of nitrogens with one attached hydrogen (secondary N) is 1. The van der Waals surface area contributed by atoms with Crippen molar-refractivity contribution in [1.82, 2.24) is 0 Å². The predicted molar refractivity (Wildman–Crippen MR) is 80.8 cm³/mol. The van der Waals surface area contributed by atoms with E-state index in [0.29, 0.717) is 5.92 Å². The fourth-order valence-electron chi connectivity index (χ4n) is 2.55. The van der Waals surface area contributed by atoms with Crippen molar-refractivity contribution in [2.24, 2.45) is 11.1 Å². The van der Waals surface area contributed by atoms with Crippen LogP contribution in [0.3, 0.4) is 0 Å². The molecule has 1 aliphatic carbocycles. The highest BCUT2D eigenvalue weighted by molar-refractivity contribution is 5.85. The number of carbonyl (C=O) groups is 1. The molecule has 0 heterocycles. The van der Waals surface area contributed by atoms with Gasteiger partial charge < -0.3 is 10.5 Å². The van der Waals surface area contributed by atoms with Gasteiger partial charge in [0.2, 0.25) is 0 Å². The number of benzene rings is 1. The van der Waals surface area contributed by atoms with Crippen LogP contribution in [0.4, 0.5) is 10.5 Å². The van der Waals surface area contributed by atoms with E-state index in [1.807, 2.05) is 39.0 Å². The smallest absolute Gasteiger partial charge is 0.412 e. The molecule has 110 valence electrons. The van der Waals surface area contributed by atoms with Gasteiger partial charge in [0.1, 0.15) is 5.60 Å². The molecule has 0 bridgehead atoms. The van der Waals surface area contributed by atoms with E-state index in [0.717, 1.165) is 11.3 Å². The quantitative estimate of drug-likeness (QED) is 0.869. The van der Waals surface area contributed by atoms with Crippen molar-refractivity contribution >= 4 is 11.8 Å². The Kier molecular flexibility index (Phi) is 3.54. The lowest BCUT2D eigenvalue weighted by Crippen LogP contribution is -2.27. The summed E-state index contributed by atoms with van der Waals surface area (Å²) >= 11 is 0. The molecule has 4 heteroatoms. The van der Waals surface area contributed by atoms with E-state index < -0.39 is 11.7 Å². The molecule has 0 aliphatic heterocycles. The summed E-state index contributed by atoms with van der Waals surface area (Å²) in [6.07, 6.45) is -0.436. The number of nitrogens with two attached hydrogens (primary N) is 1. The third kappa shape index (κ3) is 3.12. The fourth-order valence-corrected chi connectivity index (χ4v) is 2.55. The molecule has 1 aromatic carbocycles. The zero-order valence-electron chi connectivity index (χ0n) is 12.9. The number of amides is 1. The van der Waals surface area contributed by atoms with E-state index in [2.05, 4.69) is 25.2 Å². The van der Waals surface area contributed by atoms with Crippen molar-refractivity contribution in [3.63, 3.8) is 0 Å². The van der Waals surface area contributed by atoms with Crippen LogP contribution in [0, 0.1) is 5.41 Å². The van der Waals surface area contributed by atoms with E-state index in [9.17, 15) is 4.79 Å². The first kappa shape index (κ1) is 14.9. The minimum Gasteiger partial charge on any atom is -0.444 e. The van der Waals surface area contributed by atoms with Gasteiger partial charge in [-0.05, 0) is 43.9 Å². The molecule has 1 amide bonds. The monoisotopic (exact) mass is 276 g/mol. The molecular formula is C16H24N2O2. The SMILES string of the molecule is CC(C)(C)OC(=O)Nc1cccc([C@@H]2[C@@H](N)C2(C)C)c1. The molecule has 1 aromatic rings. The van der Waals surface area contributed by atoms with Gasteiger partial charge in [0, 0.05) is 17.6 Å². The maximum absolute atomic E-state index is 11.8. The van der Waals surface area contributed by atoms with Gasteiger partial charge in [0.15, 0.2) is 0 Å². The highest BCUT2D eigenvalue weighted by atomic mass is 16.6. The number of ether oxygens (including phenoxy) is 1. The Morgan fingerprint density at radius 1 is 1.35 bits per heavy atom. The fraction of sp³-hybridized carbons (Fsp3) is 0.562. The molecule has 20 heavy (non-hydrogen) atoms. The van der Waals surface area contributed by atoms with Gasteiger partial charge in [0.05, 0.1) is 0 Å². The second-order valence-corrected chi connectivity index (χ2v) is 7.08. The van der Waals surface area contributed by atoms with Crippen LogP contribution < -0.4 is 11.1 Å². The number of anilines is 1. The minimum absolute atomic E-state index is 0.130. The lowest BCUT2D eigenvalue weighted by Gasteiger charge is -2.19. The van der Waals surface area contributed by atoms with Crippen molar-refractivity contribution in [2.75, 3.05) is 5.32 Å². The summed E-state index contributed by atoms with van der Waals surface area (Å²) in [5, 5.41) is 2.76. The maximum atomic E-state index is 11.8. The molecule has 3 N–H and O–H groups in total. The van der Waals surface area contributed by atoms with Crippen molar-refractivity contribution in [3.05, 3.63) is 29.8 Å². The molecule has 1 aliphatic rings. The summed E-state index contributed by atoms with van der Waals surface area (Å²) in [7, 11) is 0. The molecule has 0 spiro atoms. The van der Waals surface area contributed by atoms with E-state index in [4.69, 9.17) is 10.5 Å². The van der Waals surface area contributed by atoms with Crippen LogP contribution in [0.5, 0.6) is 0 Å². The normalized spacial score (nSPS) is 24.1. The standard InChI is InChI=1S/C16H24N2O2/c1-15(2,3)20-14(19)18-11-8-6-7-10(9-11)12-13(17)16(12,4)5/h6-9,12-13H,17H2,1-5H3,(H,18,19)/t12-,13-/m1/s1. The van der Waals surface area contributed by atoms with Crippen molar-refractivity contribution in [3.8, 4) is 0 Å². The molecule has 1 saturated carbocycles. The van der Waals surface area contributed by atoms with Crippen molar-refractivity contribution in [2.45, 2.75) is 52.2 Å². The Morgan fingerprint density at radius 3 is 2.45 bits per heavy atom. The van der Waals surface area contributed by atoms with Crippen LogP contribution in [0.1, 0.15) is 46.1 Å². The summed E-state index contributed by atoms with van der Waals surface area (Å²) in [6.45, 7) is 9.85. The summed E-state index contributed by atoms with van der Waals surface area (Å²) in [4.78, 5) is 11.8. The minimum atomic E-state index is -0.497. The highest BCUT2D eigenvalue weighted by Crippen LogP contribution is 2.57. The van der Waals surface area contributed by atoms with Crippen molar-refractivity contribution < 1.29 is 9.53 Å². The molecule has 1 fully saturated rings. The largest absolute Gasteiger partial charge is 0.444 e. The third-order valence-electron chi connectivity index (χ3n) is 3.80. The van der Waals surface area contributed by atoms with Gasteiger partial charge in [-0.15, -0.1) is 0 Å². The van der Waals surface area contributed by atoms with Gasteiger partial charge in [0.25, 0.3) is 0 Å². The Morgan fingerprint density at radius 2 is 1.95 bits per heavy atom. The highest BCUT2D eigenvalue weighted by Gasteiger charge is 2.56. The molecule has 2 rings (SSSR count). The summed E-state index contributed by atoms with van der Waals surface area (Å²) < 4.78 is 5.24. The van der Waals surface area contributed by atoms with Gasteiger partial charge in [-0.2, -0.15) is 0 Å². The van der Waals surface area contributed by atoms with E-state index in [-0.39, 0.29) is 11.5 Å². The lowest BCUT2D eigenvalue weighted by molar-refractivity contribution is 0.0636. The van der Waals surface area contributed by atoms with Crippen LogP contribution in [0.15, 0.2) is 24.3 Å². The molecule has 2 atom stereocenters. The van der Waals surface area contributed by atoms with E-state index in [1.165, 1.54) is 0 Å². The van der Waals surface area contributed by atoms with Gasteiger partial charge in [-0.25, -0.2) is 4.79 Å². The Labute approximate surface area is 120 Å². The van der Waals surface area contributed by atoms with Gasteiger partial charge in [-0.1, -0.05) is 26.0 Å². The zero-order chi connectivity index (χ0) is 15.1. The van der Waals surface area contributed by atoms with E-state index >= 15 is 0 Å². The lowest BCUT2D eigenvalue weighted by atomic mass is 10.0. The van der Waals surface area contributed by atoms with Crippen LogP contribution in [0.2, 0.25) is 0 Å². The first-order valence-corrected chi connectivity index (χ1v) is 6.97. The second kappa shape index (κ2) is 4.77. The van der Waals surface area contributed by atoms with Crippen LogP contribution >= 0.6 is 0 Å². The first-order chi connectivity index (χ1) is 9.11. The first-order valence-electron chi connectivity index (χ1n) is 6.97. The van der Waals surface area contributed by atoms with E-state index in [1.54, 1.807) is 0 Å². The number of hydrogen-bond donors (Lipinski definition) is 2. The number of carbonyl (C=O) groups excluding carboxylic acids is 1. The maximum Gasteiger partial charge on any atom is 0.412 e. The predicted octanol–water partition coefficient (Wildman–Crippen LogP) is 3.48. The van der Waals surface area contributed by atoms with Crippen LogP contribution in [0.25, 0.3) is 0 Å². The second-order valence-electron chi connectivity index (χ2n) is 7.08. The Hall–Kier alpha value is -1.55. The molecular weight excluding hydrogens is 252 g/mol. The molecule has 0 radical (unpaired) electrons. The van der Waals surface area contributed by atoms with Gasteiger partial charge >= 0.3 is 6.09 Å². The van der Waals surface area contributed by atoms with Crippen molar-refractivity contribution in [1.29, 1.82) is 0 Å². The molecule has 0 aromatic heterocycles. The summed E-state index contributed by atoms with van der Waals surface area (Å²) in [5.41, 5.74) is 7.64. The number of hydrogen-bond acceptors (Lipinski definition) is 3. The topological polar surface area (TPSA) is 64.3 Å². The molecule has 0 unspecified atom stereocenters. The number of rotatable bonds is 2.